The van der Waals surface area contributed by atoms with Gasteiger partial charge in [0.15, 0.2) is 0 Å². The van der Waals surface area contributed by atoms with Crippen molar-refractivity contribution in [1.82, 2.24) is 0 Å². The highest BCUT2D eigenvalue weighted by atomic mass is 32.2. The maximum Gasteiger partial charge on any atom is 0.132 e. The lowest BCUT2D eigenvalue weighted by Gasteiger charge is -2.16. The third-order valence-corrected chi connectivity index (χ3v) is 3.13. The summed E-state index contributed by atoms with van der Waals surface area (Å²) in [5.41, 5.74) is -0.311. The molecular weight excluding hydrogens is 218 g/mol. The fourth-order valence-electron chi connectivity index (χ4n) is 1.21. The number of thioether (sulfide) groups is 1. The molecule has 0 radical (unpaired) electrons. The van der Waals surface area contributed by atoms with Crippen LogP contribution in [0.3, 0.4) is 0 Å². The molecule has 0 heterocycles. The molecule has 0 N–H and O–H groups in total. The van der Waals surface area contributed by atoms with Crippen molar-refractivity contribution in [2.24, 2.45) is 5.41 Å². The van der Waals surface area contributed by atoms with Gasteiger partial charge in [-0.15, -0.1) is 11.8 Å². The van der Waals surface area contributed by atoms with Crippen LogP contribution in [0.4, 0.5) is 0 Å². The van der Waals surface area contributed by atoms with Crippen LogP contribution < -0.4 is 4.74 Å². The molecule has 0 aliphatic heterocycles. The molecule has 0 aliphatic rings. The summed E-state index contributed by atoms with van der Waals surface area (Å²) >= 11 is 1.67. The Labute approximate surface area is 102 Å². The Balaban J connectivity index is 2.53. The van der Waals surface area contributed by atoms with Crippen LogP contribution in [0.1, 0.15) is 20.3 Å². The van der Waals surface area contributed by atoms with Crippen molar-refractivity contribution in [2.75, 3.05) is 12.9 Å². The van der Waals surface area contributed by atoms with E-state index >= 15 is 0 Å². The molecule has 16 heavy (non-hydrogen) atoms. The maximum atomic E-state index is 8.88. The Hall–Kier alpha value is -1.14. The van der Waals surface area contributed by atoms with Crippen LogP contribution in [0, 0.1) is 16.7 Å². The van der Waals surface area contributed by atoms with Crippen LogP contribution in [0.15, 0.2) is 29.2 Å². The van der Waals surface area contributed by atoms with Gasteiger partial charge in [0.2, 0.25) is 0 Å². The number of nitriles is 1. The lowest BCUT2D eigenvalue weighted by atomic mass is 9.92. The minimum absolute atomic E-state index is 0.311. The molecule has 1 aromatic rings. The van der Waals surface area contributed by atoms with Crippen molar-refractivity contribution < 1.29 is 4.74 Å². The zero-order valence-corrected chi connectivity index (χ0v) is 10.8. The first kappa shape index (κ1) is 12.9. The van der Waals surface area contributed by atoms with Crippen LogP contribution in [-0.4, -0.2) is 12.9 Å². The normalized spacial score (nSPS) is 10.9. The molecule has 0 bridgehead atoms. The molecular formula is C13H17NOS. The first-order chi connectivity index (χ1) is 7.59. The van der Waals surface area contributed by atoms with E-state index in [9.17, 15) is 0 Å². The second-order valence-electron chi connectivity index (χ2n) is 4.25. The number of rotatable bonds is 5. The first-order valence-corrected chi connectivity index (χ1v) is 6.48. The molecule has 0 spiro atoms. The molecule has 0 fully saturated rings. The van der Waals surface area contributed by atoms with Crippen molar-refractivity contribution in [3.05, 3.63) is 24.3 Å². The summed E-state index contributed by atoms with van der Waals surface area (Å²) in [5.74, 6) is 0.906. The van der Waals surface area contributed by atoms with Gasteiger partial charge in [-0.25, -0.2) is 0 Å². The molecule has 0 saturated heterocycles. The van der Waals surface area contributed by atoms with Gasteiger partial charge in [0.05, 0.1) is 18.1 Å². The highest BCUT2D eigenvalue weighted by Crippen LogP contribution is 2.28. The summed E-state index contributed by atoms with van der Waals surface area (Å²) in [4.78, 5) is 1.14. The van der Waals surface area contributed by atoms with Gasteiger partial charge in [-0.2, -0.15) is 5.26 Å². The highest BCUT2D eigenvalue weighted by molar-refractivity contribution is 7.98. The maximum absolute atomic E-state index is 8.88. The molecule has 2 nitrogen and oxygen atoms in total. The van der Waals surface area contributed by atoms with Crippen LogP contribution in [0.5, 0.6) is 5.75 Å². The van der Waals surface area contributed by atoms with Crippen LogP contribution in [-0.2, 0) is 0 Å². The summed E-state index contributed by atoms with van der Waals surface area (Å²) in [6, 6.07) is 10.2. The Morgan fingerprint density at radius 2 is 2.06 bits per heavy atom. The van der Waals surface area contributed by atoms with Gasteiger partial charge in [0.25, 0.3) is 0 Å². The molecule has 1 rings (SSSR count). The van der Waals surface area contributed by atoms with E-state index in [1.807, 2.05) is 44.4 Å². The average molecular weight is 235 g/mol. The molecule has 0 amide bonds. The average Bonchev–Trinajstić information content (AvgIpc) is 2.29. The number of nitrogens with zero attached hydrogens (tertiary/aromatic N) is 1. The summed E-state index contributed by atoms with van der Waals surface area (Å²) in [6.45, 7) is 4.44. The third-order valence-electron chi connectivity index (χ3n) is 2.36. The largest absolute Gasteiger partial charge is 0.492 e. The molecule has 86 valence electrons. The predicted octanol–water partition coefficient (Wildman–Crippen LogP) is 3.73. The van der Waals surface area contributed by atoms with E-state index < -0.39 is 0 Å². The number of hydrogen-bond donors (Lipinski definition) is 0. The minimum atomic E-state index is -0.311. The number of benzene rings is 1. The second-order valence-corrected chi connectivity index (χ2v) is 5.09. The molecule has 0 saturated carbocycles. The lowest BCUT2D eigenvalue weighted by molar-refractivity contribution is 0.259. The third kappa shape index (κ3) is 3.79. The Morgan fingerprint density at radius 3 is 2.69 bits per heavy atom. The van der Waals surface area contributed by atoms with Crippen molar-refractivity contribution in [3.8, 4) is 11.8 Å². The predicted molar refractivity (Wildman–Crippen MR) is 67.7 cm³/mol. The van der Waals surface area contributed by atoms with Crippen LogP contribution >= 0.6 is 11.8 Å². The van der Waals surface area contributed by atoms with E-state index in [2.05, 4.69) is 6.07 Å². The lowest BCUT2D eigenvalue weighted by Crippen LogP contribution is -2.13. The summed E-state index contributed by atoms with van der Waals surface area (Å²) in [6.07, 6.45) is 2.77. The number of hydrogen-bond acceptors (Lipinski definition) is 3. The van der Waals surface area contributed by atoms with Gasteiger partial charge < -0.3 is 4.74 Å². The van der Waals surface area contributed by atoms with E-state index in [1.165, 1.54) is 0 Å². The van der Waals surface area contributed by atoms with Gasteiger partial charge in [-0.1, -0.05) is 12.1 Å². The molecule has 0 aliphatic carbocycles. The van der Waals surface area contributed by atoms with E-state index in [0.29, 0.717) is 6.61 Å². The molecule has 0 unspecified atom stereocenters. The quantitative estimate of drug-likeness (QED) is 0.729. The summed E-state index contributed by atoms with van der Waals surface area (Å²) in [7, 11) is 0. The van der Waals surface area contributed by atoms with Gasteiger partial charge in [0.1, 0.15) is 5.75 Å². The summed E-state index contributed by atoms with van der Waals surface area (Å²) < 4.78 is 5.69. The van der Waals surface area contributed by atoms with Gasteiger partial charge in [-0.05, 0) is 38.7 Å². The summed E-state index contributed by atoms with van der Waals surface area (Å²) in [5, 5.41) is 8.88. The molecule has 3 heteroatoms. The SMILES string of the molecule is CSc1ccccc1OCCC(C)(C)C#N. The van der Waals surface area contributed by atoms with Crippen molar-refractivity contribution in [1.29, 1.82) is 5.26 Å². The Morgan fingerprint density at radius 1 is 1.38 bits per heavy atom. The first-order valence-electron chi connectivity index (χ1n) is 5.26. The van der Waals surface area contributed by atoms with Crippen molar-refractivity contribution in [3.63, 3.8) is 0 Å². The van der Waals surface area contributed by atoms with Crippen molar-refractivity contribution >= 4 is 11.8 Å². The van der Waals surface area contributed by atoms with Crippen LogP contribution in [0.2, 0.25) is 0 Å². The second kappa shape index (κ2) is 5.81. The number of ether oxygens (including phenoxy) is 1. The smallest absolute Gasteiger partial charge is 0.132 e. The monoisotopic (exact) mass is 235 g/mol. The Kier molecular flexibility index (Phi) is 4.70. The van der Waals surface area contributed by atoms with Crippen LogP contribution in [0.25, 0.3) is 0 Å². The van der Waals surface area contributed by atoms with E-state index in [-0.39, 0.29) is 5.41 Å². The van der Waals surface area contributed by atoms with E-state index in [1.54, 1.807) is 11.8 Å². The van der Waals surface area contributed by atoms with Crippen molar-refractivity contribution in [2.45, 2.75) is 25.2 Å². The molecule has 1 aromatic carbocycles. The zero-order valence-electron chi connectivity index (χ0n) is 9.99. The van der Waals surface area contributed by atoms with Gasteiger partial charge in [-0.3, -0.25) is 0 Å². The topological polar surface area (TPSA) is 33.0 Å². The zero-order chi connectivity index (χ0) is 12.0. The fraction of sp³-hybridized carbons (Fsp3) is 0.462. The fourth-order valence-corrected chi connectivity index (χ4v) is 1.75. The van der Waals surface area contributed by atoms with Gasteiger partial charge >= 0.3 is 0 Å². The highest BCUT2D eigenvalue weighted by Gasteiger charge is 2.16. The minimum Gasteiger partial charge on any atom is -0.492 e. The van der Waals surface area contributed by atoms with E-state index in [4.69, 9.17) is 10.00 Å². The number of para-hydroxylation sites is 1. The standard InChI is InChI=1S/C13H17NOS/c1-13(2,10-14)8-9-15-11-6-4-5-7-12(11)16-3/h4-7H,8-9H2,1-3H3. The van der Waals surface area contributed by atoms with E-state index in [0.717, 1.165) is 17.1 Å². The Bertz CT molecular complexity index is 382. The van der Waals surface area contributed by atoms with Gasteiger partial charge in [0, 0.05) is 4.90 Å². The molecule has 0 aromatic heterocycles. The molecule has 0 atom stereocenters.